The molecular weight excluding hydrogens is 1240 g/mol. The first-order chi connectivity index (χ1) is 44.2. The zero-order valence-electron chi connectivity index (χ0n) is 53.8. The van der Waals surface area contributed by atoms with E-state index in [0.717, 1.165) is 52.4 Å². The Labute approximate surface area is 543 Å². The molecule has 0 unspecified atom stereocenters. The van der Waals surface area contributed by atoms with Gasteiger partial charge in [-0.3, -0.25) is 0 Å². The first-order valence-electron chi connectivity index (χ1n) is 31.7. The van der Waals surface area contributed by atoms with E-state index >= 15 is 0 Å². The molecule has 0 aliphatic carbocycles. The molecule has 92 heavy (non-hydrogen) atoms. The highest BCUT2D eigenvalue weighted by atomic mass is 32.2. The number of H-pyrrole nitrogens is 2. The molecule has 7 aromatic rings. The van der Waals surface area contributed by atoms with Crippen LogP contribution in [0.4, 0.5) is 0 Å². The maximum absolute atomic E-state index is 13.8. The number of hydrogen-bond acceptors (Lipinski definition) is 14. The Kier molecular flexibility index (Phi) is 23.2. The average molecular weight is 1330 g/mol. The summed E-state index contributed by atoms with van der Waals surface area (Å²) in [6, 6.07) is 34.4. The molecule has 0 radical (unpaired) electrons. The second-order valence-corrected chi connectivity index (χ2v) is 29.4. The molecule has 490 valence electrons. The lowest BCUT2D eigenvalue weighted by atomic mass is 10.0. The molecule has 5 heterocycles. The lowest BCUT2D eigenvalue weighted by Gasteiger charge is -2.18. The highest BCUT2D eigenvalue weighted by Gasteiger charge is 2.24. The van der Waals surface area contributed by atoms with E-state index in [-0.39, 0.29) is 45.8 Å². The molecule has 0 atom stereocenters. The zero-order chi connectivity index (χ0) is 65.8. The van der Waals surface area contributed by atoms with E-state index in [4.69, 9.17) is 9.97 Å². The normalized spacial score (nSPS) is 13.0. The molecule has 0 amide bonds. The molecule has 24 heteroatoms. The summed E-state index contributed by atoms with van der Waals surface area (Å²) in [6.45, 7) is 25.8. The Balaban J connectivity index is 1.27. The van der Waals surface area contributed by atoms with E-state index < -0.39 is 40.1 Å². The highest BCUT2D eigenvalue weighted by molar-refractivity contribution is 7.90. The molecule has 2 aliphatic heterocycles. The number of likely N-dealkylation sites (N-methyl/N-ethyl adjacent to an activating group) is 4. The van der Waals surface area contributed by atoms with Crippen LogP contribution in [0.15, 0.2) is 141 Å². The predicted octanol–water partition coefficient (Wildman–Crippen LogP) is 9.80. The monoisotopic (exact) mass is 1330 g/mol. The summed E-state index contributed by atoms with van der Waals surface area (Å²) in [7, 11) is -15.6. The minimum Gasteiger partial charge on any atom is -0.354 e. The summed E-state index contributed by atoms with van der Waals surface area (Å²) < 4.78 is 121. The maximum Gasteiger partial charge on any atom is 0.240 e. The van der Waals surface area contributed by atoms with Crippen LogP contribution in [0.2, 0.25) is 0 Å². The van der Waals surface area contributed by atoms with Crippen LogP contribution in [0.25, 0.3) is 90.9 Å². The Hall–Kier alpha value is -7.04. The van der Waals surface area contributed by atoms with Gasteiger partial charge in [-0.1, -0.05) is 104 Å². The molecule has 0 saturated carbocycles. The third-order valence-corrected chi connectivity index (χ3v) is 22.9. The largest absolute Gasteiger partial charge is 0.354 e. The first kappa shape index (κ1) is 69.3. The van der Waals surface area contributed by atoms with Crippen molar-refractivity contribution in [3.05, 3.63) is 144 Å². The van der Waals surface area contributed by atoms with Crippen molar-refractivity contribution in [1.29, 1.82) is 0 Å². The van der Waals surface area contributed by atoms with Gasteiger partial charge in [-0.2, -0.15) is 0 Å². The summed E-state index contributed by atoms with van der Waals surface area (Å²) >= 11 is 0. The fourth-order valence-corrected chi connectivity index (χ4v) is 15.6. The van der Waals surface area contributed by atoms with Crippen LogP contribution in [0.3, 0.4) is 0 Å². The van der Waals surface area contributed by atoms with Crippen LogP contribution in [-0.2, 0) is 40.1 Å². The van der Waals surface area contributed by atoms with Crippen molar-refractivity contribution in [2.24, 2.45) is 0 Å². The second kappa shape index (κ2) is 30.8. The summed E-state index contributed by atoms with van der Waals surface area (Å²) in [6.07, 6.45) is 7.52. The van der Waals surface area contributed by atoms with Crippen LogP contribution in [0.1, 0.15) is 78.2 Å². The van der Waals surface area contributed by atoms with Gasteiger partial charge in [0.25, 0.3) is 0 Å². The summed E-state index contributed by atoms with van der Waals surface area (Å²) in [5.74, 6) is 0. The number of aromatic amines is 2. The maximum atomic E-state index is 13.8. The molecule has 9 rings (SSSR count). The van der Waals surface area contributed by atoms with Crippen molar-refractivity contribution < 1.29 is 33.7 Å². The van der Waals surface area contributed by atoms with Gasteiger partial charge in [0.15, 0.2) is 0 Å². The number of fused-ring (bicyclic) bond motifs is 8. The van der Waals surface area contributed by atoms with Gasteiger partial charge < -0.3 is 29.6 Å². The van der Waals surface area contributed by atoms with Gasteiger partial charge in [-0.25, -0.2) is 62.5 Å². The molecular formula is C68H86N12O8S4. The van der Waals surface area contributed by atoms with Gasteiger partial charge in [-0.15, -0.1) is 0 Å². The second-order valence-electron chi connectivity index (χ2n) is 22.3. The predicted molar refractivity (Wildman–Crippen MR) is 373 cm³/mol. The number of rotatable bonds is 32. The topological polar surface area (TPSA) is 255 Å². The number of sulfonamides is 4. The smallest absolute Gasteiger partial charge is 0.240 e. The first-order valence-corrected chi connectivity index (χ1v) is 37.6. The zero-order valence-corrected chi connectivity index (χ0v) is 57.0. The van der Waals surface area contributed by atoms with Crippen LogP contribution >= 0.6 is 0 Å². The van der Waals surface area contributed by atoms with E-state index in [9.17, 15) is 33.7 Å². The van der Waals surface area contributed by atoms with Crippen LogP contribution in [-0.4, -0.2) is 178 Å². The van der Waals surface area contributed by atoms with Gasteiger partial charge in [0.2, 0.25) is 40.1 Å². The van der Waals surface area contributed by atoms with Gasteiger partial charge in [0, 0.05) is 96.7 Å². The standard InChI is InChI=1S/C68H86N12O8S4/c1-9-77(10-2)45-41-69-89(81,82)53-25-17-49(18-26-53)65-57-33-35-59(73-57)66(50-19-27-54(28-20-50)90(83,84)70-42-46-78(11-3)12-4)61-37-39-63(75-61)68(52-23-31-56(32-24-52)92(87,88)72-44-48-80(15-7)16-8)64-40-38-62(76-64)67(60-36-34-58(65)74-60)51-21-29-55(30-22-51)91(85,86)71-43-47-79(13-5)14-6/h17-40,69-74H,9-16,41-48H2,1-8H3. The lowest BCUT2D eigenvalue weighted by Crippen LogP contribution is -2.34. The third kappa shape index (κ3) is 16.3. The molecule has 3 aromatic heterocycles. The van der Waals surface area contributed by atoms with Crippen molar-refractivity contribution in [2.75, 3.05) is 105 Å². The Morgan fingerprint density at radius 2 is 0.500 bits per heavy atom. The average Bonchev–Trinajstić information content (AvgIpc) is 1.60. The molecule has 20 nitrogen and oxygen atoms in total. The quantitative estimate of drug-likeness (QED) is 0.0230. The van der Waals surface area contributed by atoms with E-state index in [1.165, 1.54) is 0 Å². The van der Waals surface area contributed by atoms with Crippen LogP contribution in [0.5, 0.6) is 0 Å². The number of nitrogens with zero attached hydrogens (tertiary/aromatic N) is 6. The molecule has 6 N–H and O–H groups in total. The fraction of sp³-hybridized carbons (Fsp3) is 0.353. The fourth-order valence-electron chi connectivity index (χ4n) is 11.5. The van der Waals surface area contributed by atoms with Crippen molar-refractivity contribution in [3.8, 4) is 44.5 Å². The SMILES string of the molecule is CCN(CC)CCNS(=O)(=O)c1ccc(-c2c3nc(c(-c4ccc(S(=O)(=O)NCCN(CC)CC)cc4)c4ccc([nH]4)c(-c4ccc(S(=O)(=O)NCCN(CC)CC)cc4)c4ccc([nH]4)c(-c4ccc(S(=O)(=O)NCCN(CC)CC)cc4)c4nc2C=C4)C=C3)cc1. The van der Waals surface area contributed by atoms with Crippen LogP contribution in [0, 0.1) is 0 Å². The number of benzene rings is 4. The minimum atomic E-state index is -3.90. The molecule has 0 fully saturated rings. The molecule has 0 spiro atoms. The van der Waals surface area contributed by atoms with Gasteiger partial charge >= 0.3 is 0 Å². The van der Waals surface area contributed by atoms with Gasteiger partial charge in [0.05, 0.1) is 42.4 Å². The molecule has 4 aromatic carbocycles. The van der Waals surface area contributed by atoms with Crippen molar-refractivity contribution in [2.45, 2.75) is 75.0 Å². The molecule has 8 bridgehead atoms. The van der Waals surface area contributed by atoms with E-state index in [1.54, 1.807) is 97.1 Å². The van der Waals surface area contributed by atoms with Gasteiger partial charge in [-0.05, 0) is 172 Å². The summed E-state index contributed by atoms with van der Waals surface area (Å²) in [5, 5.41) is 0. The third-order valence-electron chi connectivity index (χ3n) is 17.0. The van der Waals surface area contributed by atoms with Crippen molar-refractivity contribution >= 4 is 86.5 Å². The van der Waals surface area contributed by atoms with Gasteiger partial charge in [0.1, 0.15) is 0 Å². The Morgan fingerprint density at radius 1 is 0.293 bits per heavy atom. The molecule has 0 saturated heterocycles. The number of nitrogens with one attached hydrogen (secondary N) is 6. The van der Waals surface area contributed by atoms with Crippen molar-refractivity contribution in [1.82, 2.24) is 58.4 Å². The molecule has 2 aliphatic rings. The Morgan fingerprint density at radius 3 is 0.739 bits per heavy atom. The minimum absolute atomic E-state index is 0.0860. The Bertz CT molecular complexity index is 4220. The number of aromatic nitrogens is 4. The van der Waals surface area contributed by atoms with E-state index in [0.29, 0.717) is 116 Å². The highest BCUT2D eigenvalue weighted by Crippen LogP contribution is 2.39. The van der Waals surface area contributed by atoms with E-state index in [2.05, 4.69) is 48.5 Å². The lowest BCUT2D eigenvalue weighted by molar-refractivity contribution is 0.309. The summed E-state index contributed by atoms with van der Waals surface area (Å²) in [4.78, 5) is 27.1. The summed E-state index contributed by atoms with van der Waals surface area (Å²) in [5.41, 5.74) is 9.65. The number of hydrogen-bond donors (Lipinski definition) is 6. The van der Waals surface area contributed by atoms with Crippen molar-refractivity contribution in [3.63, 3.8) is 0 Å². The van der Waals surface area contributed by atoms with E-state index in [1.807, 2.05) is 104 Å². The van der Waals surface area contributed by atoms with Crippen LogP contribution < -0.4 is 18.9 Å².